The van der Waals surface area contributed by atoms with Crippen LogP contribution in [0.3, 0.4) is 0 Å². The molecular formula is C20H20O2. The summed E-state index contributed by atoms with van der Waals surface area (Å²) in [5.41, 5.74) is 2.01. The van der Waals surface area contributed by atoms with Gasteiger partial charge in [0.15, 0.2) is 0 Å². The average Bonchev–Trinajstić information content (AvgIpc) is 3.02. The lowest BCUT2D eigenvalue weighted by Gasteiger charge is -2.31. The lowest BCUT2D eigenvalue weighted by Crippen LogP contribution is -2.34. The van der Waals surface area contributed by atoms with E-state index >= 15 is 0 Å². The maximum Gasteiger partial charge on any atom is 0.313 e. The van der Waals surface area contributed by atoms with E-state index in [-0.39, 0.29) is 17.8 Å². The van der Waals surface area contributed by atoms with Gasteiger partial charge in [0.2, 0.25) is 0 Å². The van der Waals surface area contributed by atoms with Crippen molar-refractivity contribution in [2.24, 2.45) is 11.3 Å². The smallest absolute Gasteiger partial charge is 0.313 e. The second-order valence-electron chi connectivity index (χ2n) is 6.79. The Morgan fingerprint density at radius 1 is 1.23 bits per heavy atom. The minimum atomic E-state index is -0.403. The van der Waals surface area contributed by atoms with E-state index in [0.717, 1.165) is 12.8 Å². The second-order valence-corrected chi connectivity index (χ2v) is 6.79. The molecule has 1 saturated heterocycles. The van der Waals surface area contributed by atoms with Crippen molar-refractivity contribution in [3.8, 4) is 0 Å². The highest BCUT2D eigenvalue weighted by atomic mass is 16.5. The number of hydrogen-bond acceptors (Lipinski definition) is 2. The fourth-order valence-corrected chi connectivity index (χ4v) is 4.38. The molecule has 1 aliphatic carbocycles. The molecule has 4 rings (SSSR count). The molecule has 0 aromatic heterocycles. The number of fused-ring (bicyclic) bond motifs is 2. The predicted molar refractivity (Wildman–Crippen MR) is 87.6 cm³/mol. The first-order chi connectivity index (χ1) is 10.6. The van der Waals surface area contributed by atoms with Crippen LogP contribution in [0.25, 0.3) is 10.8 Å². The molecule has 2 aromatic rings. The predicted octanol–water partition coefficient (Wildman–Crippen LogP) is 4.45. The van der Waals surface area contributed by atoms with Crippen LogP contribution in [0.5, 0.6) is 0 Å². The third kappa shape index (κ3) is 1.76. The van der Waals surface area contributed by atoms with Gasteiger partial charge in [-0.05, 0) is 35.1 Å². The molecule has 3 unspecified atom stereocenters. The normalized spacial score (nSPS) is 28.7. The van der Waals surface area contributed by atoms with E-state index in [0.29, 0.717) is 6.61 Å². The molecule has 2 aromatic carbocycles. The first kappa shape index (κ1) is 13.6. The summed E-state index contributed by atoms with van der Waals surface area (Å²) in [6.07, 6.45) is 1.69. The van der Waals surface area contributed by atoms with E-state index in [1.165, 1.54) is 21.9 Å². The van der Waals surface area contributed by atoms with Crippen LogP contribution in [0.15, 0.2) is 54.6 Å². The van der Waals surface area contributed by atoms with Gasteiger partial charge in [-0.25, -0.2) is 0 Å². The number of benzene rings is 2. The molecule has 3 atom stereocenters. The molecule has 22 heavy (non-hydrogen) atoms. The standard InChI is InChI=1S/C20H20O2/c1-13-9-18-12-22-19(21)20(18,11-13)14(2)16-8-7-15-5-3-4-6-17(15)10-16/h3-8,10,14,18H,1,9,11-12H2,2H3. The summed E-state index contributed by atoms with van der Waals surface area (Å²) in [4.78, 5) is 12.5. The summed E-state index contributed by atoms with van der Waals surface area (Å²) < 4.78 is 5.42. The van der Waals surface area contributed by atoms with Crippen LogP contribution in [0.2, 0.25) is 0 Å². The molecular weight excluding hydrogens is 272 g/mol. The van der Waals surface area contributed by atoms with Gasteiger partial charge in [0.1, 0.15) is 0 Å². The summed E-state index contributed by atoms with van der Waals surface area (Å²) in [6.45, 7) is 6.85. The number of hydrogen-bond donors (Lipinski definition) is 0. The Balaban J connectivity index is 1.80. The van der Waals surface area contributed by atoms with E-state index in [4.69, 9.17) is 4.74 Å². The van der Waals surface area contributed by atoms with Crippen LogP contribution in [0.1, 0.15) is 31.2 Å². The number of cyclic esters (lactones) is 1. The molecule has 1 saturated carbocycles. The maximum absolute atomic E-state index is 12.5. The van der Waals surface area contributed by atoms with Crippen LogP contribution >= 0.6 is 0 Å². The zero-order valence-electron chi connectivity index (χ0n) is 12.8. The molecule has 0 bridgehead atoms. The number of rotatable bonds is 2. The fourth-order valence-electron chi connectivity index (χ4n) is 4.38. The van der Waals surface area contributed by atoms with Gasteiger partial charge in [-0.1, -0.05) is 61.5 Å². The topological polar surface area (TPSA) is 26.3 Å². The molecule has 1 aliphatic heterocycles. The molecule has 1 heterocycles. The van der Waals surface area contributed by atoms with Gasteiger partial charge in [0.25, 0.3) is 0 Å². The third-order valence-electron chi connectivity index (χ3n) is 5.65. The lowest BCUT2D eigenvalue weighted by atomic mass is 9.67. The first-order valence-electron chi connectivity index (χ1n) is 7.94. The molecule has 2 fully saturated rings. The minimum absolute atomic E-state index is 0.0307. The quantitative estimate of drug-likeness (QED) is 0.603. The Hall–Kier alpha value is -2.09. The van der Waals surface area contributed by atoms with Crippen LogP contribution in [-0.2, 0) is 9.53 Å². The molecule has 0 radical (unpaired) electrons. The molecule has 0 N–H and O–H groups in total. The zero-order chi connectivity index (χ0) is 15.3. The monoisotopic (exact) mass is 292 g/mol. The highest BCUT2D eigenvalue weighted by Gasteiger charge is 2.59. The highest BCUT2D eigenvalue weighted by molar-refractivity contribution is 5.85. The highest BCUT2D eigenvalue weighted by Crippen LogP contribution is 2.58. The summed E-state index contributed by atoms with van der Waals surface area (Å²) in [7, 11) is 0. The van der Waals surface area contributed by atoms with Gasteiger partial charge in [-0.3, -0.25) is 4.79 Å². The summed E-state index contributed by atoms with van der Waals surface area (Å²) in [5.74, 6) is 0.405. The van der Waals surface area contributed by atoms with Crippen molar-refractivity contribution in [2.75, 3.05) is 6.61 Å². The minimum Gasteiger partial charge on any atom is -0.465 e. The van der Waals surface area contributed by atoms with Crippen LogP contribution in [-0.4, -0.2) is 12.6 Å². The van der Waals surface area contributed by atoms with Crippen molar-refractivity contribution in [1.82, 2.24) is 0 Å². The fraction of sp³-hybridized carbons (Fsp3) is 0.350. The molecule has 0 amide bonds. The van der Waals surface area contributed by atoms with Crippen LogP contribution in [0, 0.1) is 11.3 Å². The van der Waals surface area contributed by atoms with Crippen LogP contribution in [0.4, 0.5) is 0 Å². The number of allylic oxidation sites excluding steroid dienone is 1. The molecule has 0 spiro atoms. The number of carbonyl (C=O) groups is 1. The summed E-state index contributed by atoms with van der Waals surface area (Å²) in [5, 5.41) is 2.46. The Labute approximate surface area is 130 Å². The SMILES string of the molecule is C=C1CC2COC(=O)C2(C(C)c2ccc3ccccc3c2)C1. The zero-order valence-corrected chi connectivity index (χ0v) is 12.8. The summed E-state index contributed by atoms with van der Waals surface area (Å²) >= 11 is 0. The van der Waals surface area contributed by atoms with Gasteiger partial charge in [-0.15, -0.1) is 0 Å². The third-order valence-corrected chi connectivity index (χ3v) is 5.65. The van der Waals surface area contributed by atoms with Crippen molar-refractivity contribution in [3.63, 3.8) is 0 Å². The number of ether oxygens (including phenoxy) is 1. The number of carbonyl (C=O) groups excluding carboxylic acids is 1. The van der Waals surface area contributed by atoms with E-state index < -0.39 is 5.41 Å². The van der Waals surface area contributed by atoms with Crippen molar-refractivity contribution in [1.29, 1.82) is 0 Å². The van der Waals surface area contributed by atoms with Crippen molar-refractivity contribution in [2.45, 2.75) is 25.7 Å². The summed E-state index contributed by atoms with van der Waals surface area (Å²) in [6, 6.07) is 14.9. The van der Waals surface area contributed by atoms with Gasteiger partial charge in [-0.2, -0.15) is 0 Å². The Kier molecular flexibility index (Phi) is 2.90. The van der Waals surface area contributed by atoms with Crippen molar-refractivity contribution >= 4 is 16.7 Å². The Bertz CT molecular complexity index is 776. The lowest BCUT2D eigenvalue weighted by molar-refractivity contribution is -0.147. The van der Waals surface area contributed by atoms with E-state index in [9.17, 15) is 4.79 Å². The van der Waals surface area contributed by atoms with Gasteiger partial charge in [0.05, 0.1) is 12.0 Å². The Morgan fingerprint density at radius 2 is 2.00 bits per heavy atom. The second kappa shape index (κ2) is 4.70. The number of esters is 1. The van der Waals surface area contributed by atoms with E-state index in [2.05, 4.69) is 56.0 Å². The Morgan fingerprint density at radius 3 is 2.82 bits per heavy atom. The largest absolute Gasteiger partial charge is 0.465 e. The van der Waals surface area contributed by atoms with Gasteiger partial charge in [0, 0.05) is 5.92 Å². The van der Waals surface area contributed by atoms with E-state index in [1.807, 2.05) is 0 Å². The van der Waals surface area contributed by atoms with Gasteiger partial charge < -0.3 is 4.74 Å². The molecule has 2 nitrogen and oxygen atoms in total. The molecule has 112 valence electrons. The average molecular weight is 292 g/mol. The van der Waals surface area contributed by atoms with Crippen LogP contribution < -0.4 is 0 Å². The van der Waals surface area contributed by atoms with Crippen molar-refractivity contribution in [3.05, 3.63) is 60.2 Å². The van der Waals surface area contributed by atoms with Gasteiger partial charge >= 0.3 is 5.97 Å². The molecule has 2 heteroatoms. The van der Waals surface area contributed by atoms with Crippen molar-refractivity contribution < 1.29 is 9.53 Å². The maximum atomic E-state index is 12.5. The van der Waals surface area contributed by atoms with E-state index in [1.54, 1.807) is 0 Å². The molecule has 2 aliphatic rings. The first-order valence-corrected chi connectivity index (χ1v) is 7.94.